The first-order valence-corrected chi connectivity index (χ1v) is 7.69. The van der Waals surface area contributed by atoms with E-state index in [4.69, 9.17) is 23.8 Å². The maximum atomic E-state index is 6.21. The monoisotopic (exact) mass is 318 g/mol. The van der Waals surface area contributed by atoms with Crippen LogP contribution in [0.25, 0.3) is 0 Å². The Morgan fingerprint density at radius 1 is 1.05 bits per heavy atom. The number of thiocarbonyl (C=S) groups is 1. The van der Waals surface area contributed by atoms with Crippen LogP contribution in [0.2, 0.25) is 5.02 Å². The lowest BCUT2D eigenvalue weighted by Crippen LogP contribution is -2.20. The molecule has 0 aliphatic heterocycles. The number of rotatable bonds is 3. The standard InChI is InChI=1S/C17H19ClN2S/c1-11(2)13-6-4-5-7-15(13)19-17(21)20-16-9-8-12(3)10-14(16)18/h4-11H,1-3H3,(H2,19,20,21). The molecule has 0 aliphatic carbocycles. The van der Waals surface area contributed by atoms with Gasteiger partial charge in [0.1, 0.15) is 0 Å². The highest BCUT2D eigenvalue weighted by atomic mass is 35.5. The van der Waals surface area contributed by atoms with E-state index in [9.17, 15) is 0 Å². The fraction of sp³-hybridized carbons (Fsp3) is 0.235. The van der Waals surface area contributed by atoms with Crippen LogP contribution in [-0.4, -0.2) is 5.11 Å². The molecule has 21 heavy (non-hydrogen) atoms. The minimum Gasteiger partial charge on any atom is -0.332 e. The Kier molecular flexibility index (Phi) is 5.21. The molecule has 0 bridgehead atoms. The van der Waals surface area contributed by atoms with Gasteiger partial charge in [0.05, 0.1) is 10.7 Å². The fourth-order valence-electron chi connectivity index (χ4n) is 2.11. The molecular weight excluding hydrogens is 300 g/mol. The number of aryl methyl sites for hydroxylation is 1. The molecule has 0 heterocycles. The molecule has 0 amide bonds. The van der Waals surface area contributed by atoms with E-state index < -0.39 is 0 Å². The number of halogens is 1. The summed E-state index contributed by atoms with van der Waals surface area (Å²) in [4.78, 5) is 0. The van der Waals surface area contributed by atoms with E-state index in [1.165, 1.54) is 5.56 Å². The Morgan fingerprint density at radius 2 is 1.71 bits per heavy atom. The summed E-state index contributed by atoms with van der Waals surface area (Å²) >= 11 is 11.6. The van der Waals surface area contributed by atoms with Crippen LogP contribution in [0.15, 0.2) is 42.5 Å². The number of nitrogens with one attached hydrogen (secondary N) is 2. The lowest BCUT2D eigenvalue weighted by Gasteiger charge is -2.16. The zero-order valence-corrected chi connectivity index (χ0v) is 14.0. The van der Waals surface area contributed by atoms with E-state index in [1.54, 1.807) is 0 Å². The first kappa shape index (κ1) is 15.8. The van der Waals surface area contributed by atoms with Crippen molar-refractivity contribution in [1.29, 1.82) is 0 Å². The summed E-state index contributed by atoms with van der Waals surface area (Å²) in [6, 6.07) is 14.0. The molecular formula is C17H19ClN2S. The first-order chi connectivity index (χ1) is 9.97. The summed E-state index contributed by atoms with van der Waals surface area (Å²) in [5.74, 6) is 0.430. The Hall–Kier alpha value is -1.58. The Labute approximate surface area is 136 Å². The number of para-hydroxylation sites is 1. The molecule has 0 aliphatic rings. The third-order valence-corrected chi connectivity index (χ3v) is 3.72. The van der Waals surface area contributed by atoms with Gasteiger partial charge in [0.15, 0.2) is 5.11 Å². The van der Waals surface area contributed by atoms with Gasteiger partial charge < -0.3 is 10.6 Å². The first-order valence-electron chi connectivity index (χ1n) is 6.90. The molecule has 2 nitrogen and oxygen atoms in total. The van der Waals surface area contributed by atoms with Crippen LogP contribution in [0.4, 0.5) is 11.4 Å². The second kappa shape index (κ2) is 6.92. The highest BCUT2D eigenvalue weighted by molar-refractivity contribution is 7.80. The highest BCUT2D eigenvalue weighted by Crippen LogP contribution is 2.25. The molecule has 0 atom stereocenters. The van der Waals surface area contributed by atoms with Crippen LogP contribution in [0.5, 0.6) is 0 Å². The summed E-state index contributed by atoms with van der Waals surface area (Å²) in [5, 5.41) is 7.58. The van der Waals surface area contributed by atoms with Gasteiger partial charge in [0, 0.05) is 5.69 Å². The molecule has 0 radical (unpaired) electrons. The van der Waals surface area contributed by atoms with Crippen molar-refractivity contribution in [2.45, 2.75) is 26.7 Å². The van der Waals surface area contributed by atoms with E-state index in [2.05, 4.69) is 30.5 Å². The summed E-state index contributed by atoms with van der Waals surface area (Å²) < 4.78 is 0. The number of anilines is 2. The van der Waals surface area contributed by atoms with Crippen LogP contribution >= 0.6 is 23.8 Å². The third kappa shape index (κ3) is 4.19. The van der Waals surface area contributed by atoms with Crippen molar-refractivity contribution < 1.29 is 0 Å². The van der Waals surface area contributed by atoms with Gasteiger partial charge >= 0.3 is 0 Å². The summed E-state index contributed by atoms with van der Waals surface area (Å²) in [6.07, 6.45) is 0. The predicted octanol–water partition coefficient (Wildman–Crippen LogP) is 5.58. The van der Waals surface area contributed by atoms with Crippen molar-refractivity contribution in [2.75, 3.05) is 10.6 Å². The van der Waals surface area contributed by atoms with Gasteiger partial charge in [-0.1, -0.05) is 49.7 Å². The number of hydrogen-bond acceptors (Lipinski definition) is 1. The lowest BCUT2D eigenvalue weighted by atomic mass is 10.0. The van der Waals surface area contributed by atoms with E-state index in [0.29, 0.717) is 16.1 Å². The van der Waals surface area contributed by atoms with Gasteiger partial charge in [0.25, 0.3) is 0 Å². The zero-order chi connectivity index (χ0) is 15.4. The number of benzene rings is 2. The summed E-state index contributed by atoms with van der Waals surface area (Å²) in [6.45, 7) is 6.33. The molecule has 0 aromatic heterocycles. The van der Waals surface area contributed by atoms with Crippen LogP contribution in [0.3, 0.4) is 0 Å². The van der Waals surface area contributed by atoms with Crippen molar-refractivity contribution in [3.05, 3.63) is 58.6 Å². The van der Waals surface area contributed by atoms with E-state index in [0.717, 1.165) is 16.9 Å². The molecule has 0 unspecified atom stereocenters. The van der Waals surface area contributed by atoms with Crippen molar-refractivity contribution in [1.82, 2.24) is 0 Å². The van der Waals surface area contributed by atoms with Crippen molar-refractivity contribution in [3.63, 3.8) is 0 Å². The smallest absolute Gasteiger partial charge is 0.175 e. The van der Waals surface area contributed by atoms with Crippen LogP contribution in [0, 0.1) is 6.92 Å². The average molecular weight is 319 g/mol. The second-order valence-corrected chi connectivity index (χ2v) is 6.12. The molecule has 0 spiro atoms. The van der Waals surface area contributed by atoms with Gasteiger partial charge in [-0.25, -0.2) is 0 Å². The quantitative estimate of drug-likeness (QED) is 0.722. The van der Waals surface area contributed by atoms with E-state index >= 15 is 0 Å². The molecule has 2 rings (SSSR count). The Bertz CT molecular complexity index is 653. The zero-order valence-electron chi connectivity index (χ0n) is 12.4. The predicted molar refractivity (Wildman–Crippen MR) is 96.6 cm³/mol. The van der Waals surface area contributed by atoms with Crippen LogP contribution < -0.4 is 10.6 Å². The molecule has 0 fully saturated rings. The van der Waals surface area contributed by atoms with Crippen molar-refractivity contribution >= 4 is 40.3 Å². The highest BCUT2D eigenvalue weighted by Gasteiger charge is 2.08. The second-order valence-electron chi connectivity index (χ2n) is 5.30. The van der Waals surface area contributed by atoms with Gasteiger partial charge in [-0.2, -0.15) is 0 Å². The third-order valence-electron chi connectivity index (χ3n) is 3.20. The van der Waals surface area contributed by atoms with Crippen LogP contribution in [-0.2, 0) is 0 Å². The summed E-state index contributed by atoms with van der Waals surface area (Å²) in [7, 11) is 0. The Balaban J connectivity index is 2.12. The van der Waals surface area contributed by atoms with Crippen LogP contribution in [0.1, 0.15) is 30.9 Å². The van der Waals surface area contributed by atoms with Gasteiger partial charge in [-0.3, -0.25) is 0 Å². The largest absolute Gasteiger partial charge is 0.332 e. The molecule has 110 valence electrons. The fourth-order valence-corrected chi connectivity index (χ4v) is 2.61. The minimum absolute atomic E-state index is 0.430. The van der Waals surface area contributed by atoms with E-state index in [-0.39, 0.29) is 0 Å². The maximum absolute atomic E-state index is 6.21. The number of hydrogen-bond donors (Lipinski definition) is 2. The molecule has 2 N–H and O–H groups in total. The van der Waals surface area contributed by atoms with Crippen molar-refractivity contribution in [2.24, 2.45) is 0 Å². The van der Waals surface area contributed by atoms with E-state index in [1.807, 2.05) is 43.3 Å². The normalized spacial score (nSPS) is 10.5. The topological polar surface area (TPSA) is 24.1 Å². The summed E-state index contributed by atoms with van der Waals surface area (Å²) in [5.41, 5.74) is 4.18. The molecule has 2 aromatic rings. The van der Waals surface area contributed by atoms with Gasteiger partial charge in [-0.15, -0.1) is 0 Å². The molecule has 4 heteroatoms. The Morgan fingerprint density at radius 3 is 2.38 bits per heavy atom. The average Bonchev–Trinajstić information content (AvgIpc) is 2.42. The minimum atomic E-state index is 0.430. The van der Waals surface area contributed by atoms with Gasteiger partial charge in [0.2, 0.25) is 0 Å². The lowest BCUT2D eigenvalue weighted by molar-refractivity contribution is 0.869. The molecule has 2 aromatic carbocycles. The maximum Gasteiger partial charge on any atom is 0.175 e. The molecule has 0 saturated heterocycles. The molecule has 0 saturated carbocycles. The van der Waals surface area contributed by atoms with Crippen molar-refractivity contribution in [3.8, 4) is 0 Å². The SMILES string of the molecule is Cc1ccc(NC(=S)Nc2ccccc2C(C)C)c(Cl)c1. The van der Waals surface area contributed by atoms with Gasteiger partial charge in [-0.05, 0) is 54.4 Å².